The van der Waals surface area contributed by atoms with Crippen molar-refractivity contribution in [2.24, 2.45) is 5.92 Å². The highest BCUT2D eigenvalue weighted by molar-refractivity contribution is 7.99. The van der Waals surface area contributed by atoms with Gasteiger partial charge in [-0.15, -0.1) is 11.8 Å². The summed E-state index contributed by atoms with van der Waals surface area (Å²) in [5.74, 6) is -2.20. The normalized spacial score (nSPS) is 15.0. The molecule has 2 N–H and O–H groups in total. The number of aliphatic carboxylic acids is 1. The minimum Gasteiger partial charge on any atom is -0.481 e. The molecule has 0 radical (unpaired) electrons. The standard InChI is InChI=1S/C21H21O4PS/c22-20(23)19(12-15-6-2-1-3-7-15)21(24,26-25)14-27-18-11-10-16-8-4-5-9-17(16)13-18/h1-11,13,19,24H,12,14,26H2,(H,22,23). The van der Waals surface area contributed by atoms with Gasteiger partial charge in [-0.05, 0) is 34.9 Å². The van der Waals surface area contributed by atoms with Crippen LogP contribution in [0.25, 0.3) is 10.8 Å². The van der Waals surface area contributed by atoms with E-state index < -0.39 is 25.7 Å². The number of hydrogen-bond donors (Lipinski definition) is 2. The molecule has 3 unspecified atom stereocenters. The molecule has 0 amide bonds. The molecule has 3 atom stereocenters. The predicted octanol–water partition coefficient (Wildman–Crippen LogP) is 4.32. The van der Waals surface area contributed by atoms with Gasteiger partial charge >= 0.3 is 5.97 Å². The number of rotatable bonds is 8. The van der Waals surface area contributed by atoms with E-state index in [9.17, 15) is 19.6 Å². The van der Waals surface area contributed by atoms with Crippen molar-refractivity contribution in [3.05, 3.63) is 78.4 Å². The Morgan fingerprint density at radius 2 is 1.67 bits per heavy atom. The molecule has 27 heavy (non-hydrogen) atoms. The molecule has 4 nitrogen and oxygen atoms in total. The van der Waals surface area contributed by atoms with Gasteiger partial charge in [0.15, 0.2) is 0 Å². The molecular formula is C21H21O4PS. The van der Waals surface area contributed by atoms with Gasteiger partial charge in [0.1, 0.15) is 5.34 Å². The molecular weight excluding hydrogens is 379 g/mol. The molecule has 3 aromatic carbocycles. The largest absolute Gasteiger partial charge is 0.481 e. The molecule has 0 bridgehead atoms. The lowest BCUT2D eigenvalue weighted by molar-refractivity contribution is -0.146. The van der Waals surface area contributed by atoms with Crippen LogP contribution in [-0.2, 0) is 15.8 Å². The van der Waals surface area contributed by atoms with E-state index in [1.54, 1.807) is 0 Å². The Kier molecular flexibility index (Phi) is 6.38. The van der Waals surface area contributed by atoms with E-state index in [2.05, 4.69) is 0 Å². The number of carboxylic acid groups (broad SMARTS) is 1. The van der Waals surface area contributed by atoms with Crippen LogP contribution in [0.15, 0.2) is 77.7 Å². The van der Waals surface area contributed by atoms with Gasteiger partial charge in [-0.3, -0.25) is 4.79 Å². The summed E-state index contributed by atoms with van der Waals surface area (Å²) < 4.78 is 11.9. The fourth-order valence-electron chi connectivity index (χ4n) is 3.00. The van der Waals surface area contributed by atoms with Crippen molar-refractivity contribution in [2.75, 3.05) is 5.75 Å². The Labute approximate surface area is 163 Å². The Balaban J connectivity index is 1.79. The third-order valence-corrected chi connectivity index (χ3v) is 7.08. The lowest BCUT2D eigenvalue weighted by atomic mass is 9.94. The highest BCUT2D eigenvalue weighted by Crippen LogP contribution is 2.37. The Morgan fingerprint density at radius 3 is 2.33 bits per heavy atom. The van der Waals surface area contributed by atoms with Gasteiger partial charge in [-0.25, -0.2) is 0 Å². The van der Waals surface area contributed by atoms with E-state index in [4.69, 9.17) is 0 Å². The van der Waals surface area contributed by atoms with Crippen LogP contribution in [0.2, 0.25) is 0 Å². The second-order valence-electron chi connectivity index (χ2n) is 6.49. The Morgan fingerprint density at radius 1 is 1.00 bits per heavy atom. The third-order valence-electron chi connectivity index (χ3n) is 4.58. The SMILES string of the molecule is O=[PH2]C(O)(CSc1ccc2ccccc2c1)C(Cc1ccccc1)C(=O)O. The van der Waals surface area contributed by atoms with E-state index in [0.29, 0.717) is 0 Å². The minimum absolute atomic E-state index is 0.0635. The van der Waals surface area contributed by atoms with Gasteiger partial charge in [0.2, 0.25) is 0 Å². The van der Waals surface area contributed by atoms with Gasteiger partial charge in [0.25, 0.3) is 0 Å². The van der Waals surface area contributed by atoms with Crippen molar-refractivity contribution in [3.8, 4) is 0 Å². The molecule has 0 saturated carbocycles. The molecule has 3 aromatic rings. The lowest BCUT2D eigenvalue weighted by Crippen LogP contribution is -2.41. The second-order valence-corrected chi connectivity index (χ2v) is 8.77. The van der Waals surface area contributed by atoms with Crippen LogP contribution in [0.3, 0.4) is 0 Å². The van der Waals surface area contributed by atoms with Crippen LogP contribution in [0.1, 0.15) is 5.56 Å². The Hall–Kier alpha value is -2.07. The fourth-order valence-corrected chi connectivity index (χ4v) is 4.92. The number of thioether (sulfide) groups is 1. The van der Waals surface area contributed by atoms with E-state index in [1.807, 2.05) is 72.8 Å². The average Bonchev–Trinajstić information content (AvgIpc) is 2.70. The predicted molar refractivity (Wildman–Crippen MR) is 111 cm³/mol. The smallest absolute Gasteiger partial charge is 0.310 e. The molecule has 0 saturated heterocycles. The zero-order chi connectivity index (χ0) is 19.3. The third kappa shape index (κ3) is 4.81. The maximum Gasteiger partial charge on any atom is 0.310 e. The van der Waals surface area contributed by atoms with Crippen molar-refractivity contribution >= 4 is 37.0 Å². The average molecular weight is 400 g/mol. The van der Waals surface area contributed by atoms with Crippen molar-refractivity contribution in [1.82, 2.24) is 0 Å². The molecule has 0 aliphatic carbocycles. The highest BCUT2D eigenvalue weighted by Gasteiger charge is 2.41. The number of aliphatic hydroxyl groups is 1. The van der Waals surface area contributed by atoms with Gasteiger partial charge < -0.3 is 14.8 Å². The minimum atomic E-state index is -1.75. The van der Waals surface area contributed by atoms with E-state index in [0.717, 1.165) is 21.2 Å². The fraction of sp³-hybridized carbons (Fsp3) is 0.190. The summed E-state index contributed by atoms with van der Waals surface area (Å²) >= 11 is 1.33. The number of fused-ring (bicyclic) bond motifs is 1. The van der Waals surface area contributed by atoms with Gasteiger partial charge in [-0.1, -0.05) is 60.7 Å². The first-order chi connectivity index (χ1) is 13.0. The number of carboxylic acids is 1. The first-order valence-corrected chi connectivity index (χ1v) is 10.6. The summed E-state index contributed by atoms with van der Waals surface area (Å²) in [6.07, 6.45) is 0.139. The maximum absolute atomic E-state index is 11.9. The molecule has 0 aliphatic heterocycles. The van der Waals surface area contributed by atoms with Crippen LogP contribution < -0.4 is 0 Å². The van der Waals surface area contributed by atoms with Crippen molar-refractivity contribution in [1.29, 1.82) is 0 Å². The molecule has 140 valence electrons. The van der Waals surface area contributed by atoms with Gasteiger partial charge in [-0.2, -0.15) is 0 Å². The molecule has 3 rings (SSSR count). The zero-order valence-electron chi connectivity index (χ0n) is 14.6. The molecule has 0 spiro atoms. The van der Waals surface area contributed by atoms with Crippen LogP contribution in [0.5, 0.6) is 0 Å². The lowest BCUT2D eigenvalue weighted by Gasteiger charge is -2.29. The maximum atomic E-state index is 11.9. The first-order valence-electron chi connectivity index (χ1n) is 8.59. The van der Waals surface area contributed by atoms with Crippen LogP contribution >= 0.6 is 20.2 Å². The van der Waals surface area contributed by atoms with E-state index in [-0.39, 0.29) is 12.2 Å². The Bertz CT molecular complexity index is 947. The summed E-state index contributed by atoms with van der Waals surface area (Å²) in [6, 6.07) is 23.0. The van der Waals surface area contributed by atoms with Crippen molar-refractivity contribution in [2.45, 2.75) is 16.7 Å². The summed E-state index contributed by atoms with van der Waals surface area (Å²) in [5.41, 5.74) is 0.798. The van der Waals surface area contributed by atoms with Gasteiger partial charge in [0, 0.05) is 10.6 Å². The summed E-state index contributed by atoms with van der Waals surface area (Å²) in [6.45, 7) is 0. The van der Waals surface area contributed by atoms with Crippen molar-refractivity contribution < 1.29 is 19.6 Å². The first kappa shape index (κ1) is 19.7. The molecule has 0 heterocycles. The monoisotopic (exact) mass is 400 g/mol. The van der Waals surface area contributed by atoms with Crippen LogP contribution in [0, 0.1) is 5.92 Å². The second kappa shape index (κ2) is 8.75. The quantitative estimate of drug-likeness (QED) is 0.435. The van der Waals surface area contributed by atoms with Crippen LogP contribution in [-0.4, -0.2) is 27.3 Å². The van der Waals surface area contributed by atoms with Crippen molar-refractivity contribution in [3.63, 3.8) is 0 Å². The molecule has 6 heteroatoms. The summed E-state index contributed by atoms with van der Waals surface area (Å²) in [4.78, 5) is 12.7. The number of benzene rings is 3. The molecule has 0 aromatic heterocycles. The summed E-state index contributed by atoms with van der Waals surface area (Å²) in [7, 11) is -1.68. The van der Waals surface area contributed by atoms with Gasteiger partial charge in [0.05, 0.1) is 14.4 Å². The molecule has 0 aliphatic rings. The van der Waals surface area contributed by atoms with E-state index >= 15 is 0 Å². The molecule has 0 fully saturated rings. The highest BCUT2D eigenvalue weighted by atomic mass is 32.2. The number of carbonyl (C=O) groups is 1. The van der Waals surface area contributed by atoms with Crippen LogP contribution in [0.4, 0.5) is 0 Å². The zero-order valence-corrected chi connectivity index (χ0v) is 16.6. The van der Waals surface area contributed by atoms with E-state index in [1.165, 1.54) is 11.8 Å². The summed E-state index contributed by atoms with van der Waals surface area (Å²) in [5, 5.41) is 21.0. The number of hydrogen-bond acceptors (Lipinski definition) is 4. The topological polar surface area (TPSA) is 74.6 Å².